The minimum Gasteiger partial charge on any atom is -0.324 e. The predicted octanol–water partition coefficient (Wildman–Crippen LogP) is 1.53. The number of benzene rings is 1. The first-order valence-electron chi connectivity index (χ1n) is 4.20. The molecule has 0 bridgehead atoms. The lowest BCUT2D eigenvalue weighted by atomic mass is 10.1. The highest BCUT2D eigenvalue weighted by atomic mass is 19.1. The first-order valence-corrected chi connectivity index (χ1v) is 4.20. The molecule has 0 heterocycles. The maximum atomic E-state index is 12.9. The average molecular weight is 181 g/mol. The van der Waals surface area contributed by atoms with Crippen LogP contribution in [-0.2, 0) is 6.42 Å². The number of ketones is 1. The van der Waals surface area contributed by atoms with E-state index in [1.165, 1.54) is 12.1 Å². The van der Waals surface area contributed by atoms with Crippen LogP contribution in [0.15, 0.2) is 18.2 Å². The van der Waals surface area contributed by atoms with Gasteiger partial charge < -0.3 is 5.73 Å². The Morgan fingerprint density at radius 3 is 2.69 bits per heavy atom. The maximum absolute atomic E-state index is 12.9. The standard InChI is InChI=1S/C10H12FNO/c1-2-7-3-8(10(13)6-12)5-9(11)4-7/h3-5H,2,6,12H2,1H3. The van der Waals surface area contributed by atoms with E-state index in [0.717, 1.165) is 5.56 Å². The van der Waals surface area contributed by atoms with Crippen LogP contribution in [0.25, 0.3) is 0 Å². The van der Waals surface area contributed by atoms with Crippen molar-refractivity contribution in [1.82, 2.24) is 0 Å². The van der Waals surface area contributed by atoms with Gasteiger partial charge in [0, 0.05) is 5.56 Å². The van der Waals surface area contributed by atoms with E-state index < -0.39 is 0 Å². The van der Waals surface area contributed by atoms with E-state index in [4.69, 9.17) is 5.73 Å². The normalized spacial score (nSPS) is 10.1. The highest BCUT2D eigenvalue weighted by molar-refractivity contribution is 5.97. The van der Waals surface area contributed by atoms with Crippen LogP contribution in [0.1, 0.15) is 22.8 Å². The number of Topliss-reactive ketones (excluding diaryl/α,β-unsaturated/α-hetero) is 1. The molecule has 0 spiro atoms. The number of carbonyl (C=O) groups excluding carboxylic acids is 1. The minimum atomic E-state index is -0.379. The highest BCUT2D eigenvalue weighted by Crippen LogP contribution is 2.10. The van der Waals surface area contributed by atoms with E-state index in [-0.39, 0.29) is 18.1 Å². The summed E-state index contributed by atoms with van der Waals surface area (Å²) in [7, 11) is 0. The van der Waals surface area contributed by atoms with Gasteiger partial charge in [0.1, 0.15) is 5.82 Å². The summed E-state index contributed by atoms with van der Waals surface area (Å²) in [5.41, 5.74) is 6.35. The summed E-state index contributed by atoms with van der Waals surface area (Å²) in [4.78, 5) is 11.1. The smallest absolute Gasteiger partial charge is 0.176 e. The van der Waals surface area contributed by atoms with E-state index in [1.54, 1.807) is 6.07 Å². The Kier molecular flexibility index (Phi) is 3.14. The number of hydrogen-bond acceptors (Lipinski definition) is 2. The summed E-state index contributed by atoms with van der Waals surface area (Å²) >= 11 is 0. The molecule has 0 fully saturated rings. The first kappa shape index (κ1) is 9.86. The maximum Gasteiger partial charge on any atom is 0.176 e. The van der Waals surface area contributed by atoms with Crippen LogP contribution in [0.4, 0.5) is 4.39 Å². The van der Waals surface area contributed by atoms with Crippen molar-refractivity contribution in [3.05, 3.63) is 35.1 Å². The van der Waals surface area contributed by atoms with Gasteiger partial charge in [-0.25, -0.2) is 4.39 Å². The van der Waals surface area contributed by atoms with Crippen molar-refractivity contribution in [3.63, 3.8) is 0 Å². The van der Waals surface area contributed by atoms with Crippen molar-refractivity contribution in [1.29, 1.82) is 0 Å². The molecule has 1 aromatic rings. The molecule has 0 saturated carbocycles. The number of rotatable bonds is 3. The number of halogens is 1. The van der Waals surface area contributed by atoms with Crippen molar-refractivity contribution in [2.24, 2.45) is 5.73 Å². The van der Waals surface area contributed by atoms with Crippen LogP contribution in [0.3, 0.4) is 0 Å². The molecule has 0 amide bonds. The van der Waals surface area contributed by atoms with Gasteiger partial charge in [-0.05, 0) is 30.2 Å². The molecule has 0 radical (unpaired) electrons. The number of aryl methyl sites for hydroxylation is 1. The van der Waals surface area contributed by atoms with Crippen LogP contribution in [-0.4, -0.2) is 12.3 Å². The Hall–Kier alpha value is -1.22. The topological polar surface area (TPSA) is 43.1 Å². The van der Waals surface area contributed by atoms with Crippen molar-refractivity contribution in [2.75, 3.05) is 6.54 Å². The molecule has 0 aliphatic carbocycles. The van der Waals surface area contributed by atoms with Gasteiger partial charge >= 0.3 is 0 Å². The lowest BCUT2D eigenvalue weighted by Gasteiger charge is -2.01. The average Bonchev–Trinajstić information content (AvgIpc) is 2.15. The van der Waals surface area contributed by atoms with Crippen LogP contribution < -0.4 is 5.73 Å². The quantitative estimate of drug-likeness (QED) is 0.718. The van der Waals surface area contributed by atoms with E-state index in [0.29, 0.717) is 12.0 Å². The molecule has 0 aliphatic rings. The Bertz CT molecular complexity index is 323. The third-order valence-corrected chi connectivity index (χ3v) is 1.87. The van der Waals surface area contributed by atoms with Gasteiger partial charge in [-0.15, -0.1) is 0 Å². The van der Waals surface area contributed by atoms with Crippen LogP contribution in [0.2, 0.25) is 0 Å². The third kappa shape index (κ3) is 2.36. The molecule has 0 aromatic heterocycles. The van der Waals surface area contributed by atoms with Gasteiger partial charge in [0.25, 0.3) is 0 Å². The second kappa shape index (κ2) is 4.14. The van der Waals surface area contributed by atoms with E-state index in [2.05, 4.69) is 0 Å². The zero-order valence-electron chi connectivity index (χ0n) is 7.51. The summed E-state index contributed by atoms with van der Waals surface area (Å²) < 4.78 is 12.9. The molecule has 70 valence electrons. The van der Waals surface area contributed by atoms with E-state index >= 15 is 0 Å². The summed E-state index contributed by atoms with van der Waals surface area (Å²) in [6.45, 7) is 1.83. The molecular weight excluding hydrogens is 169 g/mol. The second-order valence-corrected chi connectivity index (χ2v) is 2.83. The van der Waals surface area contributed by atoms with Crippen molar-refractivity contribution < 1.29 is 9.18 Å². The summed E-state index contributed by atoms with van der Waals surface area (Å²) in [5, 5.41) is 0. The lowest BCUT2D eigenvalue weighted by molar-refractivity contribution is 0.100. The summed E-state index contributed by atoms with van der Waals surface area (Å²) in [6, 6.07) is 4.32. The van der Waals surface area contributed by atoms with Crippen molar-refractivity contribution in [3.8, 4) is 0 Å². The van der Waals surface area contributed by atoms with Crippen LogP contribution in [0, 0.1) is 5.82 Å². The van der Waals surface area contributed by atoms with Gasteiger partial charge in [0.05, 0.1) is 6.54 Å². The van der Waals surface area contributed by atoms with Crippen molar-refractivity contribution >= 4 is 5.78 Å². The van der Waals surface area contributed by atoms with Gasteiger partial charge in [0.15, 0.2) is 5.78 Å². The van der Waals surface area contributed by atoms with Crippen LogP contribution >= 0.6 is 0 Å². The predicted molar refractivity (Wildman–Crippen MR) is 49.2 cm³/mol. The Morgan fingerprint density at radius 1 is 1.46 bits per heavy atom. The molecule has 0 aliphatic heterocycles. The van der Waals surface area contributed by atoms with Crippen LogP contribution in [0.5, 0.6) is 0 Å². The first-order chi connectivity index (χ1) is 6.17. The van der Waals surface area contributed by atoms with Gasteiger partial charge in [-0.3, -0.25) is 4.79 Å². The zero-order chi connectivity index (χ0) is 9.84. The van der Waals surface area contributed by atoms with E-state index in [1.807, 2.05) is 6.92 Å². The molecular formula is C10H12FNO. The number of hydrogen-bond donors (Lipinski definition) is 1. The zero-order valence-corrected chi connectivity index (χ0v) is 7.51. The van der Waals surface area contributed by atoms with Gasteiger partial charge in [-0.1, -0.05) is 6.92 Å². The fraction of sp³-hybridized carbons (Fsp3) is 0.300. The molecule has 1 aromatic carbocycles. The largest absolute Gasteiger partial charge is 0.324 e. The Balaban J connectivity index is 3.08. The SMILES string of the molecule is CCc1cc(F)cc(C(=O)CN)c1. The third-order valence-electron chi connectivity index (χ3n) is 1.87. The van der Waals surface area contributed by atoms with Crippen molar-refractivity contribution in [2.45, 2.75) is 13.3 Å². The fourth-order valence-corrected chi connectivity index (χ4v) is 1.13. The molecule has 0 unspecified atom stereocenters. The molecule has 0 saturated heterocycles. The molecule has 1 rings (SSSR count). The number of nitrogens with two attached hydrogens (primary N) is 1. The minimum absolute atomic E-state index is 0.0768. The monoisotopic (exact) mass is 181 g/mol. The molecule has 2 N–H and O–H groups in total. The summed E-state index contributed by atoms with van der Waals surface area (Å²) in [5.74, 6) is -0.606. The van der Waals surface area contributed by atoms with Gasteiger partial charge in [0.2, 0.25) is 0 Å². The van der Waals surface area contributed by atoms with Gasteiger partial charge in [-0.2, -0.15) is 0 Å². The lowest BCUT2D eigenvalue weighted by Crippen LogP contribution is -2.14. The molecule has 13 heavy (non-hydrogen) atoms. The molecule has 3 heteroatoms. The Morgan fingerprint density at radius 2 is 2.15 bits per heavy atom. The number of carbonyl (C=O) groups is 1. The summed E-state index contributed by atoms with van der Waals surface area (Å²) in [6.07, 6.45) is 0.711. The molecule has 0 atom stereocenters. The fourth-order valence-electron chi connectivity index (χ4n) is 1.13. The van der Waals surface area contributed by atoms with E-state index in [9.17, 15) is 9.18 Å². The molecule has 2 nitrogen and oxygen atoms in total. The second-order valence-electron chi connectivity index (χ2n) is 2.83. The Labute approximate surface area is 76.6 Å². The highest BCUT2D eigenvalue weighted by Gasteiger charge is 2.05.